The van der Waals surface area contributed by atoms with Gasteiger partial charge < -0.3 is 0 Å². The van der Waals surface area contributed by atoms with Gasteiger partial charge in [-0.1, -0.05) is 22.0 Å². The van der Waals surface area contributed by atoms with Gasteiger partial charge in [0.15, 0.2) is 0 Å². The van der Waals surface area contributed by atoms with Crippen molar-refractivity contribution in [2.75, 3.05) is 6.54 Å². The molecule has 0 radical (unpaired) electrons. The molecule has 0 aliphatic heterocycles. The molecule has 1 aliphatic rings. The fourth-order valence-corrected chi connectivity index (χ4v) is 4.25. The predicted octanol–water partition coefficient (Wildman–Crippen LogP) is 3.54. The molecule has 2 rings (SSSR count). The Balaban J connectivity index is 1.98. The minimum absolute atomic E-state index is 0.370. The molecule has 1 N–H and O–H groups in total. The van der Waals surface area contributed by atoms with E-state index in [0.717, 1.165) is 36.8 Å². The summed E-state index contributed by atoms with van der Waals surface area (Å²) in [6.45, 7) is 4.47. The largest absolute Gasteiger partial charge is 0.240 e. The third kappa shape index (κ3) is 4.06. The van der Waals surface area contributed by atoms with Crippen molar-refractivity contribution in [3.63, 3.8) is 0 Å². The Labute approximate surface area is 130 Å². The summed E-state index contributed by atoms with van der Waals surface area (Å²) in [4.78, 5) is 0.977. The van der Waals surface area contributed by atoms with Gasteiger partial charge in [0, 0.05) is 11.4 Å². The lowest BCUT2D eigenvalue weighted by atomic mass is 9.89. The number of rotatable bonds is 4. The smallest absolute Gasteiger partial charge is 0.211 e. The van der Waals surface area contributed by atoms with Crippen molar-refractivity contribution < 1.29 is 8.42 Å². The normalized spacial score (nSPS) is 23.8. The lowest BCUT2D eigenvalue weighted by Gasteiger charge is -2.25. The summed E-state index contributed by atoms with van der Waals surface area (Å²) in [5.74, 6) is 0.463. The minimum atomic E-state index is -3.37. The molecule has 1 aliphatic carbocycles. The molecule has 0 aromatic heterocycles. The van der Waals surface area contributed by atoms with Crippen molar-refractivity contribution in [1.29, 1.82) is 0 Å². The SMILES string of the molecule is Cc1ccc(S(=O)(=O)NCC2CCC(Br)CC2)cc1C. The first kappa shape index (κ1) is 16.0. The second kappa shape index (κ2) is 6.58. The molecule has 5 heteroatoms. The van der Waals surface area contributed by atoms with Crippen LogP contribution in [0.3, 0.4) is 0 Å². The summed E-state index contributed by atoms with van der Waals surface area (Å²) in [6, 6.07) is 5.28. The molecular weight excluding hydrogens is 338 g/mol. The third-order valence-corrected chi connectivity index (χ3v) is 6.46. The molecule has 0 bridgehead atoms. The van der Waals surface area contributed by atoms with Crippen LogP contribution in [0.2, 0.25) is 0 Å². The molecule has 0 unspecified atom stereocenters. The zero-order chi connectivity index (χ0) is 14.8. The topological polar surface area (TPSA) is 46.2 Å². The van der Waals surface area contributed by atoms with Gasteiger partial charge in [0.05, 0.1) is 4.90 Å². The van der Waals surface area contributed by atoms with Crippen molar-refractivity contribution in [2.24, 2.45) is 5.92 Å². The van der Waals surface area contributed by atoms with Gasteiger partial charge in [-0.25, -0.2) is 13.1 Å². The van der Waals surface area contributed by atoms with E-state index < -0.39 is 10.0 Å². The first-order valence-electron chi connectivity index (χ1n) is 7.09. The van der Waals surface area contributed by atoms with Gasteiger partial charge in [-0.15, -0.1) is 0 Å². The highest BCUT2D eigenvalue weighted by molar-refractivity contribution is 9.09. The highest BCUT2D eigenvalue weighted by Gasteiger charge is 2.22. The van der Waals surface area contributed by atoms with Crippen molar-refractivity contribution in [3.05, 3.63) is 29.3 Å². The van der Waals surface area contributed by atoms with Gasteiger partial charge >= 0.3 is 0 Å². The van der Waals surface area contributed by atoms with Crippen LogP contribution in [0.4, 0.5) is 0 Å². The highest BCUT2D eigenvalue weighted by Crippen LogP contribution is 2.28. The summed E-state index contributed by atoms with van der Waals surface area (Å²) in [5.41, 5.74) is 2.12. The van der Waals surface area contributed by atoms with Gasteiger partial charge in [0.25, 0.3) is 0 Å². The second-order valence-corrected chi connectivity index (χ2v) is 8.78. The standard InChI is InChI=1S/C15H22BrNO2S/c1-11-3-8-15(9-12(11)2)20(18,19)17-10-13-4-6-14(16)7-5-13/h3,8-9,13-14,17H,4-7,10H2,1-2H3. The maximum Gasteiger partial charge on any atom is 0.240 e. The van der Waals surface area contributed by atoms with Crippen LogP contribution in [0.1, 0.15) is 36.8 Å². The lowest BCUT2D eigenvalue weighted by Crippen LogP contribution is -2.31. The monoisotopic (exact) mass is 359 g/mol. The van der Waals surface area contributed by atoms with Crippen LogP contribution >= 0.6 is 15.9 Å². The quantitative estimate of drug-likeness (QED) is 0.835. The first-order valence-corrected chi connectivity index (χ1v) is 9.49. The van der Waals surface area contributed by atoms with Gasteiger partial charge in [-0.3, -0.25) is 0 Å². The Morgan fingerprint density at radius 1 is 1.15 bits per heavy atom. The molecule has 0 atom stereocenters. The van der Waals surface area contributed by atoms with Gasteiger partial charge in [0.1, 0.15) is 0 Å². The van der Waals surface area contributed by atoms with Crippen molar-refractivity contribution in [1.82, 2.24) is 4.72 Å². The second-order valence-electron chi connectivity index (χ2n) is 5.72. The number of alkyl halides is 1. The molecular formula is C15H22BrNO2S. The number of halogens is 1. The molecule has 3 nitrogen and oxygen atoms in total. The van der Waals surface area contributed by atoms with E-state index in [1.165, 1.54) is 0 Å². The summed E-state index contributed by atoms with van der Waals surface area (Å²) < 4.78 is 27.3. The van der Waals surface area contributed by atoms with Crippen LogP contribution in [-0.4, -0.2) is 19.8 Å². The molecule has 0 saturated heterocycles. The fraction of sp³-hybridized carbons (Fsp3) is 0.600. The summed E-state index contributed by atoms with van der Waals surface area (Å²) >= 11 is 3.62. The van der Waals surface area contributed by atoms with Crippen LogP contribution in [0.5, 0.6) is 0 Å². The first-order chi connectivity index (χ1) is 9.38. The van der Waals surface area contributed by atoms with Crippen molar-refractivity contribution in [3.8, 4) is 0 Å². The number of aryl methyl sites for hydroxylation is 2. The van der Waals surface area contributed by atoms with Gasteiger partial charge in [-0.2, -0.15) is 0 Å². The van der Waals surface area contributed by atoms with Gasteiger partial charge in [-0.05, 0) is 68.7 Å². The molecule has 1 saturated carbocycles. The van der Waals surface area contributed by atoms with Crippen LogP contribution in [0, 0.1) is 19.8 Å². The highest BCUT2D eigenvalue weighted by atomic mass is 79.9. The number of hydrogen-bond donors (Lipinski definition) is 1. The average molecular weight is 360 g/mol. The van der Waals surface area contributed by atoms with Crippen LogP contribution in [-0.2, 0) is 10.0 Å². The lowest BCUT2D eigenvalue weighted by molar-refractivity contribution is 0.366. The number of nitrogens with one attached hydrogen (secondary N) is 1. The molecule has 1 fully saturated rings. The summed E-state index contributed by atoms with van der Waals surface area (Å²) in [7, 11) is -3.37. The average Bonchev–Trinajstić information content (AvgIpc) is 2.41. The summed E-state index contributed by atoms with van der Waals surface area (Å²) in [5, 5.41) is 0. The Morgan fingerprint density at radius 3 is 2.40 bits per heavy atom. The molecule has 1 aromatic rings. The molecule has 0 spiro atoms. The van der Waals surface area contributed by atoms with E-state index in [-0.39, 0.29) is 0 Å². The number of hydrogen-bond acceptors (Lipinski definition) is 2. The Kier molecular flexibility index (Phi) is 5.26. The van der Waals surface area contributed by atoms with E-state index in [1.807, 2.05) is 19.9 Å². The van der Waals surface area contributed by atoms with Crippen molar-refractivity contribution >= 4 is 26.0 Å². The third-order valence-electron chi connectivity index (χ3n) is 4.13. The number of benzene rings is 1. The fourth-order valence-electron chi connectivity index (χ4n) is 2.52. The molecule has 0 heterocycles. The minimum Gasteiger partial charge on any atom is -0.211 e. The zero-order valence-corrected chi connectivity index (χ0v) is 14.4. The van der Waals surface area contributed by atoms with Crippen LogP contribution in [0.15, 0.2) is 23.1 Å². The van der Waals surface area contributed by atoms with Crippen molar-refractivity contribution in [2.45, 2.75) is 49.3 Å². The van der Waals surface area contributed by atoms with E-state index in [2.05, 4.69) is 20.7 Å². The molecule has 20 heavy (non-hydrogen) atoms. The molecule has 0 amide bonds. The number of sulfonamides is 1. The maximum absolute atomic E-state index is 12.3. The molecule has 112 valence electrons. The van der Waals surface area contributed by atoms with Gasteiger partial charge in [0.2, 0.25) is 10.0 Å². The van der Waals surface area contributed by atoms with E-state index in [9.17, 15) is 8.42 Å². The van der Waals surface area contributed by atoms with Crippen LogP contribution in [0.25, 0.3) is 0 Å². The van der Waals surface area contributed by atoms with E-state index >= 15 is 0 Å². The van der Waals surface area contributed by atoms with E-state index in [4.69, 9.17) is 0 Å². The predicted molar refractivity (Wildman–Crippen MR) is 85.8 cm³/mol. The Morgan fingerprint density at radius 2 is 1.80 bits per heavy atom. The Bertz CT molecular complexity index is 563. The zero-order valence-electron chi connectivity index (χ0n) is 12.0. The maximum atomic E-state index is 12.3. The Hall–Kier alpha value is -0.390. The van der Waals surface area contributed by atoms with E-state index in [0.29, 0.717) is 22.2 Å². The molecule has 1 aromatic carbocycles. The van der Waals surface area contributed by atoms with Crippen LogP contribution < -0.4 is 4.72 Å². The summed E-state index contributed by atoms with van der Waals surface area (Å²) in [6.07, 6.45) is 4.45. The van der Waals surface area contributed by atoms with E-state index in [1.54, 1.807) is 12.1 Å².